The molecule has 3 aromatic rings. The number of amides is 3. The van der Waals surface area contributed by atoms with Crippen LogP contribution in [-0.2, 0) is 4.79 Å². The highest BCUT2D eigenvalue weighted by atomic mass is 32.1. The van der Waals surface area contributed by atoms with Crippen molar-refractivity contribution in [3.63, 3.8) is 0 Å². The second-order valence-electron chi connectivity index (χ2n) is 11.1. The second kappa shape index (κ2) is 9.05. The van der Waals surface area contributed by atoms with Crippen molar-refractivity contribution in [3.05, 3.63) is 64.7 Å². The van der Waals surface area contributed by atoms with Crippen LogP contribution in [0.5, 0.6) is 0 Å². The minimum Gasteiger partial charge on any atom is -0.370 e. The van der Waals surface area contributed by atoms with E-state index in [1.54, 1.807) is 23.5 Å². The first-order valence-corrected chi connectivity index (χ1v) is 14.4. The monoisotopic (exact) mass is 526 g/mol. The molecular formula is C30H30N4O3S. The van der Waals surface area contributed by atoms with E-state index in [4.69, 9.17) is 0 Å². The van der Waals surface area contributed by atoms with Crippen LogP contribution in [-0.4, -0.2) is 42.3 Å². The number of piperidine rings is 1. The normalized spacial score (nSPS) is 26.0. The molecule has 2 aromatic carbocycles. The fraction of sp³-hybridized carbons (Fsp3) is 0.400. The molecule has 1 saturated carbocycles. The van der Waals surface area contributed by atoms with Crippen molar-refractivity contribution in [2.45, 2.75) is 32.6 Å². The molecule has 4 aliphatic rings. The summed E-state index contributed by atoms with van der Waals surface area (Å²) in [5.41, 5.74) is 3.03. The van der Waals surface area contributed by atoms with Gasteiger partial charge < -0.3 is 10.2 Å². The number of hydrogen-bond acceptors (Lipinski definition) is 6. The zero-order valence-electron chi connectivity index (χ0n) is 21.4. The minimum atomic E-state index is -0.308. The maximum atomic E-state index is 13.7. The van der Waals surface area contributed by atoms with Crippen molar-refractivity contribution in [1.82, 2.24) is 10.3 Å². The van der Waals surface area contributed by atoms with Gasteiger partial charge >= 0.3 is 0 Å². The molecule has 1 saturated heterocycles. The van der Waals surface area contributed by atoms with E-state index >= 15 is 0 Å². The highest BCUT2D eigenvalue weighted by Crippen LogP contribution is 2.43. The number of hydrogen-bond donors (Lipinski definition) is 1. The Bertz CT molecular complexity index is 1510. The summed E-state index contributed by atoms with van der Waals surface area (Å²) in [4.78, 5) is 48.2. The van der Waals surface area contributed by atoms with Gasteiger partial charge in [0.05, 0.1) is 43.6 Å². The average Bonchev–Trinajstić information content (AvgIpc) is 3.70. The molecule has 2 bridgehead atoms. The van der Waals surface area contributed by atoms with Crippen LogP contribution in [0.15, 0.2) is 48.6 Å². The van der Waals surface area contributed by atoms with E-state index in [2.05, 4.69) is 27.4 Å². The Morgan fingerprint density at radius 3 is 2.84 bits per heavy atom. The Morgan fingerprint density at radius 1 is 1.13 bits per heavy atom. The van der Waals surface area contributed by atoms with E-state index < -0.39 is 0 Å². The molecule has 1 N–H and O–H groups in total. The number of thiazole rings is 1. The van der Waals surface area contributed by atoms with E-state index in [-0.39, 0.29) is 23.6 Å². The number of carbonyl (C=O) groups excluding carboxylic acids is 3. The SMILES string of the molecule is Cc1nc2ccc(N3C(=O)c4cccc(N5CCCC(C(=O)NC[C@H]6C[C@@H]7C=C[C@H]6C7)C5)c4C3=O)cc2s1. The molecule has 7 rings (SSSR count). The number of benzene rings is 2. The Hall–Kier alpha value is -3.52. The number of fused-ring (bicyclic) bond motifs is 4. The highest BCUT2D eigenvalue weighted by Gasteiger charge is 2.41. The fourth-order valence-corrected chi connectivity index (χ4v) is 7.71. The van der Waals surface area contributed by atoms with Gasteiger partial charge in [-0.2, -0.15) is 0 Å². The van der Waals surface area contributed by atoms with Gasteiger partial charge in [0.2, 0.25) is 5.91 Å². The Morgan fingerprint density at radius 2 is 2.03 bits per heavy atom. The average molecular weight is 527 g/mol. The van der Waals surface area contributed by atoms with Crippen molar-refractivity contribution in [2.75, 3.05) is 29.4 Å². The first-order valence-electron chi connectivity index (χ1n) is 13.6. The summed E-state index contributed by atoms with van der Waals surface area (Å²) in [6.07, 6.45) is 8.76. The molecule has 2 aliphatic carbocycles. The smallest absolute Gasteiger partial charge is 0.268 e. The summed E-state index contributed by atoms with van der Waals surface area (Å²) in [5, 5.41) is 4.17. The van der Waals surface area contributed by atoms with Gasteiger partial charge in [0, 0.05) is 19.6 Å². The Kier molecular flexibility index (Phi) is 5.62. The number of nitrogens with zero attached hydrogens (tertiary/aromatic N) is 3. The van der Waals surface area contributed by atoms with Crippen LogP contribution < -0.4 is 15.1 Å². The van der Waals surface area contributed by atoms with Crippen molar-refractivity contribution in [2.24, 2.45) is 23.7 Å². The number of rotatable bonds is 5. The summed E-state index contributed by atoms with van der Waals surface area (Å²) in [6, 6.07) is 11.0. The lowest BCUT2D eigenvalue weighted by atomic mass is 9.92. The van der Waals surface area contributed by atoms with Gasteiger partial charge in [0.15, 0.2) is 0 Å². The molecule has 4 atom stereocenters. The predicted octanol–water partition coefficient (Wildman–Crippen LogP) is 4.95. The van der Waals surface area contributed by atoms with E-state index in [0.717, 1.165) is 46.8 Å². The lowest BCUT2D eigenvalue weighted by Gasteiger charge is -2.35. The molecule has 8 heteroatoms. The van der Waals surface area contributed by atoms with Crippen molar-refractivity contribution in [1.29, 1.82) is 0 Å². The molecule has 0 radical (unpaired) electrons. The van der Waals surface area contributed by atoms with Gasteiger partial charge in [-0.05, 0) is 80.7 Å². The molecule has 1 aromatic heterocycles. The number of imide groups is 1. The van der Waals surface area contributed by atoms with Crippen LogP contribution in [0.4, 0.5) is 11.4 Å². The third-order valence-electron chi connectivity index (χ3n) is 8.72. The lowest BCUT2D eigenvalue weighted by Crippen LogP contribution is -2.44. The van der Waals surface area contributed by atoms with E-state index in [0.29, 0.717) is 41.1 Å². The maximum absolute atomic E-state index is 13.7. The third-order valence-corrected chi connectivity index (χ3v) is 9.65. The minimum absolute atomic E-state index is 0.103. The molecule has 2 fully saturated rings. The summed E-state index contributed by atoms with van der Waals surface area (Å²) in [7, 11) is 0. The topological polar surface area (TPSA) is 82.6 Å². The fourth-order valence-electron chi connectivity index (χ4n) is 6.85. The van der Waals surface area contributed by atoms with E-state index in [1.165, 1.54) is 17.7 Å². The standard InChI is InChI=1S/C30H30N4O3S/c1-17-32-24-10-9-22(14-26(24)38-17)34-29(36)23-5-2-6-25(27(23)30(34)37)33-11-3-4-20(16-33)28(35)31-15-21-13-18-7-8-19(21)12-18/h2,5-10,14,18-21H,3-4,11-13,15-16H2,1H3,(H,31,35)/t18-,19+,20?,21-/m1/s1. The number of anilines is 2. The predicted molar refractivity (Wildman–Crippen MR) is 149 cm³/mol. The largest absolute Gasteiger partial charge is 0.370 e. The van der Waals surface area contributed by atoms with Crippen LogP contribution >= 0.6 is 11.3 Å². The molecule has 194 valence electrons. The van der Waals surface area contributed by atoms with E-state index in [1.807, 2.05) is 31.2 Å². The maximum Gasteiger partial charge on any atom is 0.268 e. The van der Waals surface area contributed by atoms with Gasteiger partial charge in [-0.25, -0.2) is 9.88 Å². The molecule has 3 amide bonds. The summed E-state index contributed by atoms with van der Waals surface area (Å²) < 4.78 is 0.947. The molecule has 0 spiro atoms. The first-order chi connectivity index (χ1) is 18.5. The summed E-state index contributed by atoms with van der Waals surface area (Å²) in [5.74, 6) is 1.21. The van der Waals surface area contributed by atoms with Gasteiger partial charge in [-0.1, -0.05) is 18.2 Å². The van der Waals surface area contributed by atoms with Crippen LogP contribution in [0.3, 0.4) is 0 Å². The van der Waals surface area contributed by atoms with Crippen molar-refractivity contribution in [3.8, 4) is 0 Å². The number of allylic oxidation sites excluding steroid dienone is 2. The second-order valence-corrected chi connectivity index (χ2v) is 12.3. The number of aryl methyl sites for hydroxylation is 1. The molecule has 2 aliphatic heterocycles. The Labute approximate surface area is 225 Å². The van der Waals surface area contributed by atoms with Gasteiger partial charge in [-0.3, -0.25) is 14.4 Å². The van der Waals surface area contributed by atoms with Gasteiger partial charge in [-0.15, -0.1) is 11.3 Å². The molecular weight excluding hydrogens is 496 g/mol. The zero-order valence-corrected chi connectivity index (χ0v) is 22.2. The van der Waals surface area contributed by atoms with Gasteiger partial charge in [0.25, 0.3) is 11.8 Å². The lowest BCUT2D eigenvalue weighted by molar-refractivity contribution is -0.125. The van der Waals surface area contributed by atoms with Crippen LogP contribution in [0.25, 0.3) is 10.2 Å². The molecule has 1 unspecified atom stereocenters. The quantitative estimate of drug-likeness (QED) is 0.376. The first kappa shape index (κ1) is 23.6. The summed E-state index contributed by atoms with van der Waals surface area (Å²) >= 11 is 1.55. The van der Waals surface area contributed by atoms with E-state index in [9.17, 15) is 14.4 Å². The van der Waals surface area contributed by atoms with Gasteiger partial charge in [0.1, 0.15) is 0 Å². The summed E-state index contributed by atoms with van der Waals surface area (Å²) in [6.45, 7) is 3.99. The van der Waals surface area contributed by atoms with Crippen LogP contribution in [0.1, 0.15) is 51.4 Å². The third kappa shape index (κ3) is 3.85. The highest BCUT2D eigenvalue weighted by molar-refractivity contribution is 7.18. The number of carbonyl (C=O) groups is 3. The number of aromatic nitrogens is 1. The molecule has 38 heavy (non-hydrogen) atoms. The molecule has 7 nitrogen and oxygen atoms in total. The Balaban J connectivity index is 1.10. The number of nitrogens with one attached hydrogen (secondary N) is 1. The zero-order chi connectivity index (χ0) is 26.0. The van der Waals surface area contributed by atoms with Crippen LogP contribution in [0.2, 0.25) is 0 Å². The van der Waals surface area contributed by atoms with Crippen LogP contribution in [0, 0.1) is 30.6 Å². The van der Waals surface area contributed by atoms with Crippen molar-refractivity contribution >= 4 is 50.6 Å². The molecule has 3 heterocycles. The van der Waals surface area contributed by atoms with Crippen molar-refractivity contribution < 1.29 is 14.4 Å².